The standard InChI is InChI=1S/C20H26N2O4S/c1-5-22(27(24,25)19-13-15(3)11-12-16(19)4)14-20(23)21-17-9-7-8-10-18(17)26-6-2/h7-13H,5-6,14H2,1-4H3,(H,21,23). The summed E-state index contributed by atoms with van der Waals surface area (Å²) < 4.78 is 32.7. The number of aryl methyl sites for hydroxylation is 2. The van der Waals surface area contributed by atoms with Crippen molar-refractivity contribution in [3.8, 4) is 5.75 Å². The maximum absolute atomic E-state index is 13.0. The Hall–Kier alpha value is -2.38. The smallest absolute Gasteiger partial charge is 0.243 e. The van der Waals surface area contributed by atoms with Crippen LogP contribution in [-0.4, -0.2) is 38.3 Å². The minimum Gasteiger partial charge on any atom is -0.492 e. The van der Waals surface area contributed by atoms with Crippen LogP contribution < -0.4 is 10.1 Å². The van der Waals surface area contributed by atoms with Crippen LogP contribution in [0.15, 0.2) is 47.4 Å². The zero-order chi connectivity index (χ0) is 20.0. The Balaban J connectivity index is 2.21. The van der Waals surface area contributed by atoms with Gasteiger partial charge in [0.1, 0.15) is 5.75 Å². The van der Waals surface area contributed by atoms with Crippen LogP contribution in [0.25, 0.3) is 0 Å². The van der Waals surface area contributed by atoms with Crippen molar-refractivity contribution in [1.29, 1.82) is 0 Å². The highest BCUT2D eigenvalue weighted by Crippen LogP contribution is 2.24. The van der Waals surface area contributed by atoms with E-state index in [4.69, 9.17) is 4.74 Å². The second-order valence-corrected chi connectivity index (χ2v) is 8.08. The van der Waals surface area contributed by atoms with Crippen molar-refractivity contribution in [3.05, 3.63) is 53.6 Å². The molecule has 0 aliphatic rings. The number of ether oxygens (including phenoxy) is 1. The van der Waals surface area contributed by atoms with Crippen molar-refractivity contribution in [2.75, 3.05) is 25.0 Å². The fraction of sp³-hybridized carbons (Fsp3) is 0.350. The molecule has 2 rings (SSSR count). The van der Waals surface area contributed by atoms with E-state index in [1.54, 1.807) is 44.2 Å². The second-order valence-electron chi connectivity index (χ2n) is 6.18. The maximum Gasteiger partial charge on any atom is 0.243 e. The molecule has 0 aliphatic carbocycles. The number of carbonyl (C=O) groups is 1. The number of nitrogens with zero attached hydrogens (tertiary/aromatic N) is 1. The molecule has 1 amide bonds. The highest BCUT2D eigenvalue weighted by molar-refractivity contribution is 7.89. The number of rotatable bonds is 8. The van der Waals surface area contributed by atoms with E-state index in [-0.39, 0.29) is 18.0 Å². The summed E-state index contributed by atoms with van der Waals surface area (Å²) in [6.45, 7) is 7.54. The Morgan fingerprint density at radius 3 is 2.48 bits per heavy atom. The van der Waals surface area contributed by atoms with Gasteiger partial charge in [-0.1, -0.05) is 31.2 Å². The lowest BCUT2D eigenvalue weighted by atomic mass is 10.2. The van der Waals surface area contributed by atoms with Gasteiger partial charge in [-0.05, 0) is 50.1 Å². The van der Waals surface area contributed by atoms with Crippen molar-refractivity contribution in [2.24, 2.45) is 0 Å². The zero-order valence-electron chi connectivity index (χ0n) is 16.2. The van der Waals surface area contributed by atoms with Crippen LogP contribution in [-0.2, 0) is 14.8 Å². The normalized spacial score (nSPS) is 11.4. The molecule has 6 nitrogen and oxygen atoms in total. The predicted molar refractivity (Wildman–Crippen MR) is 107 cm³/mol. The van der Waals surface area contributed by atoms with Gasteiger partial charge >= 0.3 is 0 Å². The molecule has 0 aliphatic heterocycles. The van der Waals surface area contributed by atoms with Crippen LogP contribution in [0.1, 0.15) is 25.0 Å². The molecule has 2 aromatic carbocycles. The number of likely N-dealkylation sites (N-methyl/N-ethyl adjacent to an activating group) is 1. The largest absolute Gasteiger partial charge is 0.492 e. The number of para-hydroxylation sites is 2. The number of hydrogen-bond donors (Lipinski definition) is 1. The van der Waals surface area contributed by atoms with E-state index in [1.807, 2.05) is 26.0 Å². The van der Waals surface area contributed by atoms with Crippen LogP contribution in [0.4, 0.5) is 5.69 Å². The van der Waals surface area contributed by atoms with Crippen molar-refractivity contribution in [2.45, 2.75) is 32.6 Å². The van der Waals surface area contributed by atoms with Gasteiger partial charge in [-0.15, -0.1) is 0 Å². The third kappa shape index (κ3) is 5.08. The average molecular weight is 391 g/mol. The predicted octanol–water partition coefficient (Wildman–Crippen LogP) is 3.35. The first-order valence-corrected chi connectivity index (χ1v) is 10.3. The molecule has 0 spiro atoms. The Morgan fingerprint density at radius 2 is 1.81 bits per heavy atom. The molecule has 0 atom stereocenters. The van der Waals surface area contributed by atoms with E-state index in [2.05, 4.69) is 5.32 Å². The molecule has 0 aromatic heterocycles. The van der Waals surface area contributed by atoms with Gasteiger partial charge < -0.3 is 10.1 Å². The highest BCUT2D eigenvalue weighted by atomic mass is 32.2. The molecular weight excluding hydrogens is 364 g/mol. The summed E-state index contributed by atoms with van der Waals surface area (Å²) in [5.41, 5.74) is 2.02. The van der Waals surface area contributed by atoms with Crippen molar-refractivity contribution < 1.29 is 17.9 Å². The molecule has 0 radical (unpaired) electrons. The molecule has 0 fully saturated rings. The number of amides is 1. The van der Waals surface area contributed by atoms with Gasteiger partial charge in [-0.25, -0.2) is 8.42 Å². The lowest BCUT2D eigenvalue weighted by molar-refractivity contribution is -0.116. The Labute approximate surface area is 161 Å². The van der Waals surface area contributed by atoms with Gasteiger partial charge in [0.2, 0.25) is 15.9 Å². The lowest BCUT2D eigenvalue weighted by Crippen LogP contribution is -2.38. The zero-order valence-corrected chi connectivity index (χ0v) is 17.0. The summed E-state index contributed by atoms with van der Waals surface area (Å²) >= 11 is 0. The number of benzene rings is 2. The van der Waals surface area contributed by atoms with E-state index in [0.29, 0.717) is 23.6 Å². The third-order valence-corrected chi connectivity index (χ3v) is 6.16. The van der Waals surface area contributed by atoms with Crippen molar-refractivity contribution in [3.63, 3.8) is 0 Å². The SMILES string of the molecule is CCOc1ccccc1NC(=O)CN(CC)S(=O)(=O)c1cc(C)ccc1C. The van der Waals surface area contributed by atoms with E-state index in [9.17, 15) is 13.2 Å². The average Bonchev–Trinajstić information content (AvgIpc) is 2.63. The number of sulfonamides is 1. The van der Waals surface area contributed by atoms with E-state index in [1.165, 1.54) is 4.31 Å². The summed E-state index contributed by atoms with van der Waals surface area (Å²) in [4.78, 5) is 12.7. The summed E-state index contributed by atoms with van der Waals surface area (Å²) in [6.07, 6.45) is 0. The van der Waals surface area contributed by atoms with Crippen LogP contribution in [0.3, 0.4) is 0 Å². The summed E-state index contributed by atoms with van der Waals surface area (Å²) in [6, 6.07) is 12.3. The molecule has 0 heterocycles. The van der Waals surface area contributed by atoms with Crippen molar-refractivity contribution in [1.82, 2.24) is 4.31 Å². The molecule has 7 heteroatoms. The lowest BCUT2D eigenvalue weighted by Gasteiger charge is -2.21. The molecule has 27 heavy (non-hydrogen) atoms. The first-order chi connectivity index (χ1) is 12.8. The fourth-order valence-electron chi connectivity index (χ4n) is 2.69. The molecule has 0 saturated heterocycles. The fourth-order valence-corrected chi connectivity index (χ4v) is 4.41. The van der Waals surface area contributed by atoms with Gasteiger partial charge in [0.05, 0.1) is 23.7 Å². The number of carbonyl (C=O) groups excluding carboxylic acids is 1. The number of anilines is 1. The van der Waals surface area contributed by atoms with Crippen LogP contribution >= 0.6 is 0 Å². The molecular formula is C20H26N2O4S. The summed E-state index contributed by atoms with van der Waals surface area (Å²) in [5.74, 6) is 0.131. The van der Waals surface area contributed by atoms with Crippen molar-refractivity contribution >= 4 is 21.6 Å². The molecule has 146 valence electrons. The molecule has 2 aromatic rings. The van der Waals surface area contributed by atoms with Gasteiger partial charge in [-0.2, -0.15) is 4.31 Å². The molecule has 0 bridgehead atoms. The maximum atomic E-state index is 13.0. The summed E-state index contributed by atoms with van der Waals surface area (Å²) in [5, 5.41) is 2.74. The highest BCUT2D eigenvalue weighted by Gasteiger charge is 2.27. The van der Waals surface area contributed by atoms with Gasteiger partial charge in [0.15, 0.2) is 0 Å². The summed E-state index contributed by atoms with van der Waals surface area (Å²) in [7, 11) is -3.77. The van der Waals surface area contributed by atoms with E-state index in [0.717, 1.165) is 5.56 Å². The Morgan fingerprint density at radius 1 is 1.11 bits per heavy atom. The monoisotopic (exact) mass is 390 g/mol. The van der Waals surface area contributed by atoms with E-state index < -0.39 is 15.9 Å². The molecule has 1 N–H and O–H groups in total. The molecule has 0 saturated carbocycles. The van der Waals surface area contributed by atoms with Gasteiger partial charge in [0.25, 0.3) is 0 Å². The third-order valence-electron chi connectivity index (χ3n) is 4.10. The van der Waals surface area contributed by atoms with Crippen LogP contribution in [0, 0.1) is 13.8 Å². The topological polar surface area (TPSA) is 75.7 Å². The van der Waals surface area contributed by atoms with Gasteiger partial charge in [-0.3, -0.25) is 4.79 Å². The second kappa shape index (κ2) is 9.01. The first-order valence-electron chi connectivity index (χ1n) is 8.88. The Bertz CT molecular complexity index is 910. The van der Waals surface area contributed by atoms with Gasteiger partial charge in [0, 0.05) is 6.54 Å². The van der Waals surface area contributed by atoms with Crippen LogP contribution in [0.2, 0.25) is 0 Å². The quantitative estimate of drug-likeness (QED) is 0.750. The minimum absolute atomic E-state index is 0.191. The Kier molecular flexibility index (Phi) is 6.98. The van der Waals surface area contributed by atoms with Crippen LogP contribution in [0.5, 0.6) is 5.75 Å². The first kappa shape index (κ1) is 20.9. The minimum atomic E-state index is -3.77. The molecule has 0 unspecified atom stereocenters. The number of nitrogens with one attached hydrogen (secondary N) is 1. The number of hydrogen-bond acceptors (Lipinski definition) is 4. The van der Waals surface area contributed by atoms with E-state index >= 15 is 0 Å².